The first-order valence-electron chi connectivity index (χ1n) is 10.4. The molecule has 0 fully saturated rings. The fourth-order valence-electron chi connectivity index (χ4n) is 3.80. The van der Waals surface area contributed by atoms with Gasteiger partial charge in [-0.2, -0.15) is 0 Å². The molecule has 2 N–H and O–H groups in total. The molecule has 0 aliphatic rings. The topological polar surface area (TPSA) is 71.3 Å². The molecule has 4 aromatic rings. The van der Waals surface area contributed by atoms with E-state index in [9.17, 15) is 9.59 Å². The van der Waals surface area contributed by atoms with Gasteiger partial charge in [-0.25, -0.2) is 0 Å². The van der Waals surface area contributed by atoms with E-state index in [1.165, 1.54) is 17.6 Å². The van der Waals surface area contributed by atoms with Crippen LogP contribution in [0.4, 0.5) is 5.00 Å². The first-order valence-corrected chi connectivity index (χ1v) is 11.2. The lowest BCUT2D eigenvalue weighted by molar-refractivity contribution is 0.0939. The first-order chi connectivity index (χ1) is 15.5. The van der Waals surface area contributed by atoms with Crippen LogP contribution >= 0.6 is 11.3 Å². The monoisotopic (exact) mass is 444 g/mol. The molecule has 0 bridgehead atoms. The average Bonchev–Trinajstić information content (AvgIpc) is 3.45. The minimum Gasteiger partial charge on any atom is -0.459 e. The maximum absolute atomic E-state index is 13.1. The Hall–Kier alpha value is -3.64. The van der Waals surface area contributed by atoms with Crippen molar-refractivity contribution in [3.8, 4) is 0 Å². The highest BCUT2D eigenvalue weighted by Crippen LogP contribution is 2.30. The Kier molecular flexibility index (Phi) is 6.52. The Labute approximate surface area is 191 Å². The van der Waals surface area contributed by atoms with Crippen LogP contribution in [0, 0.1) is 6.92 Å². The number of carbonyl (C=O) groups excluding carboxylic acids is 2. The van der Waals surface area contributed by atoms with Gasteiger partial charge in [0.15, 0.2) is 5.76 Å². The summed E-state index contributed by atoms with van der Waals surface area (Å²) in [7, 11) is 0. The van der Waals surface area contributed by atoms with Gasteiger partial charge in [-0.3, -0.25) is 9.59 Å². The number of benzene rings is 2. The summed E-state index contributed by atoms with van der Waals surface area (Å²) >= 11 is 1.25. The van der Waals surface area contributed by atoms with E-state index in [1.54, 1.807) is 18.2 Å². The molecule has 0 radical (unpaired) electrons. The fraction of sp³-hybridized carbons (Fsp3) is 0.154. The van der Waals surface area contributed by atoms with Gasteiger partial charge in [0.1, 0.15) is 0 Å². The SMILES string of the molecule is Cc1cc(NC(=O)c2ccco2)sc1C(=O)N[C@@H](C)C(c1ccccc1)c1ccccc1. The molecule has 2 aromatic heterocycles. The molecule has 2 heterocycles. The normalized spacial score (nSPS) is 11.8. The number of thiophene rings is 1. The number of anilines is 1. The maximum Gasteiger partial charge on any atom is 0.291 e. The van der Waals surface area contributed by atoms with Gasteiger partial charge in [0.05, 0.1) is 16.1 Å². The predicted molar refractivity (Wildman–Crippen MR) is 127 cm³/mol. The molecule has 162 valence electrons. The van der Waals surface area contributed by atoms with E-state index in [4.69, 9.17) is 4.42 Å². The number of amides is 2. The molecule has 32 heavy (non-hydrogen) atoms. The standard InChI is InChI=1S/C26H24N2O3S/c1-17-16-22(28-25(29)21-14-9-15-31-21)32-24(17)26(30)27-18(2)23(19-10-5-3-6-11-19)20-12-7-4-8-13-20/h3-16,18,23H,1-2H3,(H,27,30)(H,28,29)/t18-/m0/s1. The van der Waals surface area contributed by atoms with Crippen molar-refractivity contribution in [2.45, 2.75) is 25.8 Å². The summed E-state index contributed by atoms with van der Waals surface area (Å²) in [5.41, 5.74) is 3.09. The summed E-state index contributed by atoms with van der Waals surface area (Å²) in [4.78, 5) is 26.0. The van der Waals surface area contributed by atoms with Gasteiger partial charge in [-0.05, 0) is 48.7 Å². The summed E-state index contributed by atoms with van der Waals surface area (Å²) in [6.07, 6.45) is 1.45. The molecule has 5 nitrogen and oxygen atoms in total. The third kappa shape index (κ3) is 4.81. The minimum absolute atomic E-state index is 0.0137. The van der Waals surface area contributed by atoms with E-state index in [1.807, 2.05) is 50.2 Å². The molecule has 0 spiro atoms. The van der Waals surface area contributed by atoms with Crippen LogP contribution in [0.15, 0.2) is 89.5 Å². The number of carbonyl (C=O) groups is 2. The highest BCUT2D eigenvalue weighted by atomic mass is 32.1. The second-order valence-corrected chi connectivity index (χ2v) is 8.67. The van der Waals surface area contributed by atoms with Crippen LogP contribution in [0.3, 0.4) is 0 Å². The van der Waals surface area contributed by atoms with Gasteiger partial charge in [0.2, 0.25) is 0 Å². The molecule has 6 heteroatoms. The van der Waals surface area contributed by atoms with E-state index >= 15 is 0 Å². The summed E-state index contributed by atoms with van der Waals surface area (Å²) in [5.74, 6) is -0.260. The van der Waals surface area contributed by atoms with Gasteiger partial charge in [-0.1, -0.05) is 60.7 Å². The van der Waals surface area contributed by atoms with Crippen LogP contribution in [0.25, 0.3) is 0 Å². The Bertz CT molecular complexity index is 1150. The largest absolute Gasteiger partial charge is 0.459 e. The van der Waals surface area contributed by atoms with Crippen molar-refractivity contribution >= 4 is 28.2 Å². The summed E-state index contributed by atoms with van der Waals surface area (Å²) in [5, 5.41) is 6.56. The van der Waals surface area contributed by atoms with Crippen LogP contribution in [0.2, 0.25) is 0 Å². The highest BCUT2D eigenvalue weighted by Gasteiger charge is 2.25. The van der Waals surface area contributed by atoms with E-state index in [-0.39, 0.29) is 29.5 Å². The zero-order chi connectivity index (χ0) is 22.5. The Morgan fingerprint density at radius 1 is 0.875 bits per heavy atom. The summed E-state index contributed by atoms with van der Waals surface area (Å²) in [6, 6.07) is 25.3. The molecule has 2 aromatic carbocycles. The van der Waals surface area contributed by atoms with Gasteiger partial charge < -0.3 is 15.1 Å². The molecule has 2 amide bonds. The van der Waals surface area contributed by atoms with Crippen molar-refractivity contribution in [2.75, 3.05) is 5.32 Å². The van der Waals surface area contributed by atoms with Crippen molar-refractivity contribution in [3.63, 3.8) is 0 Å². The molecule has 0 saturated heterocycles. The maximum atomic E-state index is 13.1. The van der Waals surface area contributed by atoms with Crippen LogP contribution < -0.4 is 10.6 Å². The van der Waals surface area contributed by atoms with Gasteiger partial charge in [0.25, 0.3) is 11.8 Å². The molecular formula is C26H24N2O3S. The number of nitrogens with one attached hydrogen (secondary N) is 2. The summed E-state index contributed by atoms with van der Waals surface area (Å²) < 4.78 is 5.13. The zero-order valence-corrected chi connectivity index (χ0v) is 18.7. The molecule has 0 unspecified atom stereocenters. The third-order valence-corrected chi connectivity index (χ3v) is 6.43. The van der Waals surface area contributed by atoms with Crippen LogP contribution in [0.1, 0.15) is 49.8 Å². The van der Waals surface area contributed by atoms with Gasteiger partial charge >= 0.3 is 0 Å². The number of rotatable bonds is 7. The molecule has 1 atom stereocenters. The fourth-order valence-corrected chi connectivity index (χ4v) is 4.77. The molecule has 0 aliphatic carbocycles. The molecule has 4 rings (SSSR count). The predicted octanol–water partition coefficient (Wildman–Crippen LogP) is 5.85. The second-order valence-electron chi connectivity index (χ2n) is 7.62. The molecule has 0 aliphatic heterocycles. The van der Waals surface area contributed by atoms with Crippen LogP contribution in [-0.4, -0.2) is 17.9 Å². The van der Waals surface area contributed by atoms with Crippen molar-refractivity contribution in [1.29, 1.82) is 0 Å². The van der Waals surface area contributed by atoms with Crippen molar-refractivity contribution in [1.82, 2.24) is 5.32 Å². The number of furan rings is 1. The second kappa shape index (κ2) is 9.66. The van der Waals surface area contributed by atoms with Crippen molar-refractivity contribution in [2.24, 2.45) is 0 Å². The molecule has 0 saturated carbocycles. The lowest BCUT2D eigenvalue weighted by Gasteiger charge is -2.26. The van der Waals surface area contributed by atoms with Crippen molar-refractivity contribution in [3.05, 3.63) is 112 Å². The Morgan fingerprint density at radius 3 is 2.06 bits per heavy atom. The first kappa shape index (κ1) is 21.6. The minimum atomic E-state index is -0.343. The molecular weight excluding hydrogens is 420 g/mol. The Morgan fingerprint density at radius 2 is 1.50 bits per heavy atom. The number of hydrogen-bond acceptors (Lipinski definition) is 4. The van der Waals surface area contributed by atoms with E-state index < -0.39 is 0 Å². The van der Waals surface area contributed by atoms with E-state index in [0.29, 0.717) is 9.88 Å². The van der Waals surface area contributed by atoms with Gasteiger partial charge in [0, 0.05) is 12.0 Å². The average molecular weight is 445 g/mol. The smallest absolute Gasteiger partial charge is 0.291 e. The number of aryl methyl sites for hydroxylation is 1. The summed E-state index contributed by atoms with van der Waals surface area (Å²) in [6.45, 7) is 3.88. The van der Waals surface area contributed by atoms with Crippen molar-refractivity contribution < 1.29 is 14.0 Å². The Balaban J connectivity index is 1.52. The van der Waals surface area contributed by atoms with E-state index in [0.717, 1.165) is 16.7 Å². The zero-order valence-electron chi connectivity index (χ0n) is 17.9. The van der Waals surface area contributed by atoms with Crippen LogP contribution in [0.5, 0.6) is 0 Å². The lowest BCUT2D eigenvalue weighted by Crippen LogP contribution is -2.37. The quantitative estimate of drug-likeness (QED) is 0.375. The van der Waals surface area contributed by atoms with Gasteiger partial charge in [-0.15, -0.1) is 11.3 Å². The van der Waals surface area contributed by atoms with Crippen LogP contribution in [-0.2, 0) is 0 Å². The van der Waals surface area contributed by atoms with E-state index in [2.05, 4.69) is 34.9 Å². The highest BCUT2D eigenvalue weighted by molar-refractivity contribution is 7.18. The number of hydrogen-bond donors (Lipinski definition) is 2. The lowest BCUT2D eigenvalue weighted by atomic mass is 9.86. The third-order valence-electron chi connectivity index (χ3n) is 5.28.